The third-order valence-corrected chi connectivity index (χ3v) is 10.3. The van der Waals surface area contributed by atoms with Gasteiger partial charge in [-0.05, 0) is 47.5 Å². The van der Waals surface area contributed by atoms with E-state index >= 15 is 0 Å². The molecule has 284 valence electrons. The molecule has 2 N–H and O–H groups in total. The number of ether oxygens (including phenoxy) is 2. The normalized spacial score (nSPS) is 16.2. The highest BCUT2D eigenvalue weighted by atomic mass is 16.6. The lowest BCUT2D eigenvalue weighted by molar-refractivity contribution is 0.142. The Kier molecular flexibility index (Phi) is 9.48. The van der Waals surface area contributed by atoms with Crippen LogP contribution in [-0.2, 0) is 9.47 Å². The number of nitrogens with zero attached hydrogens (tertiary/aromatic N) is 4. The van der Waals surface area contributed by atoms with E-state index in [0.29, 0.717) is 35.3 Å². The van der Waals surface area contributed by atoms with Gasteiger partial charge in [0.1, 0.15) is 12.7 Å². The van der Waals surface area contributed by atoms with Crippen LogP contribution in [0.4, 0.5) is 21.0 Å². The van der Waals surface area contributed by atoms with Gasteiger partial charge in [-0.2, -0.15) is 10.2 Å². The number of fused-ring (bicyclic) bond motifs is 2. The summed E-state index contributed by atoms with van der Waals surface area (Å²) < 4.78 is 10.8. The number of carbonyl (C=O) groups is 2. The van der Waals surface area contributed by atoms with Crippen molar-refractivity contribution in [2.45, 2.75) is 12.1 Å². The summed E-state index contributed by atoms with van der Waals surface area (Å²) >= 11 is 0. The number of aromatic nitrogens is 4. The Bertz CT molecular complexity index is 2900. The van der Waals surface area contributed by atoms with Gasteiger partial charge < -0.3 is 9.47 Å². The van der Waals surface area contributed by atoms with Gasteiger partial charge >= 0.3 is 12.2 Å². The van der Waals surface area contributed by atoms with Gasteiger partial charge in [-0.1, -0.05) is 121 Å². The molecule has 2 aliphatic heterocycles. The van der Waals surface area contributed by atoms with E-state index in [2.05, 4.69) is 20.4 Å². The molecule has 8 aromatic rings. The average Bonchev–Trinajstić information content (AvgIpc) is 3.87. The molecule has 2 saturated heterocycles. The molecule has 2 fully saturated rings. The minimum absolute atomic E-state index is 0.165. The second kappa shape index (κ2) is 15.3. The van der Waals surface area contributed by atoms with E-state index in [4.69, 9.17) is 9.47 Å². The second-order valence-corrected chi connectivity index (χ2v) is 13.8. The Labute approximate surface area is 330 Å². The SMILES string of the molecule is O=C1OC(c2ccccc2)CN1c1ccc(-c2n[nH]c(=O)c3ccccc23)cc1.O=C1OCC(c2ccccc2)N1c1ccc(-c2n[nH]c(=O)c3ccccc23)cc1. The van der Waals surface area contributed by atoms with Gasteiger partial charge in [0, 0.05) is 33.3 Å². The molecule has 6 aromatic carbocycles. The van der Waals surface area contributed by atoms with Crippen LogP contribution in [0.3, 0.4) is 0 Å². The maximum Gasteiger partial charge on any atom is 0.415 e. The fraction of sp³-hybridized carbons (Fsp3) is 0.0870. The van der Waals surface area contributed by atoms with Crippen LogP contribution < -0.4 is 20.9 Å². The highest BCUT2D eigenvalue weighted by molar-refractivity contribution is 5.96. The van der Waals surface area contributed by atoms with Gasteiger partial charge in [0.2, 0.25) is 0 Å². The molecule has 4 heterocycles. The quantitative estimate of drug-likeness (QED) is 0.171. The molecule has 10 rings (SSSR count). The summed E-state index contributed by atoms with van der Waals surface area (Å²) in [6.45, 7) is 0.777. The molecule has 2 unspecified atom stereocenters. The van der Waals surface area contributed by atoms with Crippen molar-refractivity contribution in [3.8, 4) is 22.5 Å². The molecule has 2 atom stereocenters. The van der Waals surface area contributed by atoms with Crippen LogP contribution in [0, 0.1) is 0 Å². The van der Waals surface area contributed by atoms with Crippen LogP contribution in [0.2, 0.25) is 0 Å². The number of rotatable bonds is 6. The zero-order valence-corrected chi connectivity index (χ0v) is 30.8. The highest BCUT2D eigenvalue weighted by Gasteiger charge is 2.35. The summed E-state index contributed by atoms with van der Waals surface area (Å²) in [6.07, 6.45) is -1.01. The average molecular weight is 767 g/mol. The number of nitrogens with one attached hydrogen (secondary N) is 2. The highest BCUT2D eigenvalue weighted by Crippen LogP contribution is 2.35. The monoisotopic (exact) mass is 766 g/mol. The van der Waals surface area contributed by atoms with Crippen LogP contribution in [0.5, 0.6) is 0 Å². The molecule has 12 heteroatoms. The summed E-state index contributed by atoms with van der Waals surface area (Å²) in [4.78, 5) is 52.1. The first-order valence-electron chi connectivity index (χ1n) is 18.6. The molecule has 58 heavy (non-hydrogen) atoms. The first kappa shape index (κ1) is 35.8. The van der Waals surface area contributed by atoms with Crippen molar-refractivity contribution in [1.29, 1.82) is 0 Å². The Morgan fingerprint density at radius 3 is 1.50 bits per heavy atom. The lowest BCUT2D eigenvalue weighted by Gasteiger charge is -2.22. The lowest BCUT2D eigenvalue weighted by Crippen LogP contribution is -2.27. The Morgan fingerprint density at radius 2 is 0.966 bits per heavy atom. The van der Waals surface area contributed by atoms with Crippen molar-refractivity contribution in [3.63, 3.8) is 0 Å². The fourth-order valence-corrected chi connectivity index (χ4v) is 7.39. The van der Waals surface area contributed by atoms with Gasteiger partial charge in [-0.25, -0.2) is 19.8 Å². The van der Waals surface area contributed by atoms with Gasteiger partial charge in [-0.3, -0.25) is 19.4 Å². The Hall–Kier alpha value is -7.86. The zero-order valence-electron chi connectivity index (χ0n) is 30.8. The number of carbonyl (C=O) groups excluding carboxylic acids is 2. The van der Waals surface area contributed by atoms with E-state index in [1.54, 1.807) is 21.9 Å². The van der Waals surface area contributed by atoms with E-state index in [-0.39, 0.29) is 35.5 Å². The number of amides is 2. The predicted octanol–water partition coefficient (Wildman–Crippen LogP) is 8.58. The minimum Gasteiger partial charge on any atom is -0.447 e. The molecule has 0 aliphatic carbocycles. The summed E-state index contributed by atoms with van der Waals surface area (Å²) in [7, 11) is 0. The Morgan fingerprint density at radius 1 is 0.500 bits per heavy atom. The van der Waals surface area contributed by atoms with Crippen molar-refractivity contribution < 1.29 is 19.1 Å². The number of hydrogen-bond acceptors (Lipinski definition) is 8. The van der Waals surface area contributed by atoms with Crippen molar-refractivity contribution in [1.82, 2.24) is 20.4 Å². The van der Waals surface area contributed by atoms with Crippen LogP contribution in [-0.4, -0.2) is 45.7 Å². The summed E-state index contributed by atoms with van der Waals surface area (Å²) in [5.41, 5.74) is 6.16. The van der Waals surface area contributed by atoms with Crippen molar-refractivity contribution >= 4 is 45.1 Å². The molecular formula is C46H34N6O6. The molecular weight excluding hydrogens is 733 g/mol. The number of anilines is 2. The molecule has 2 aromatic heterocycles. The topological polar surface area (TPSA) is 151 Å². The van der Waals surface area contributed by atoms with E-state index in [1.807, 2.05) is 146 Å². The molecule has 12 nitrogen and oxygen atoms in total. The zero-order chi connectivity index (χ0) is 39.6. The van der Waals surface area contributed by atoms with Gasteiger partial charge in [-0.15, -0.1) is 0 Å². The molecule has 0 bridgehead atoms. The number of hydrogen-bond donors (Lipinski definition) is 2. The predicted molar refractivity (Wildman–Crippen MR) is 222 cm³/mol. The molecule has 2 aliphatic rings. The maximum absolute atomic E-state index is 12.4. The van der Waals surface area contributed by atoms with Gasteiger partial charge in [0.15, 0.2) is 0 Å². The largest absolute Gasteiger partial charge is 0.447 e. The first-order valence-corrected chi connectivity index (χ1v) is 18.6. The van der Waals surface area contributed by atoms with Gasteiger partial charge in [0.25, 0.3) is 11.1 Å². The third kappa shape index (κ3) is 6.83. The summed E-state index contributed by atoms with van der Waals surface area (Å²) in [5, 5.41) is 16.3. The fourth-order valence-electron chi connectivity index (χ4n) is 7.39. The summed E-state index contributed by atoms with van der Waals surface area (Å²) in [5.74, 6) is 0. The molecule has 0 saturated carbocycles. The van der Waals surface area contributed by atoms with Crippen LogP contribution >= 0.6 is 0 Å². The number of aromatic amines is 2. The smallest absolute Gasteiger partial charge is 0.415 e. The number of H-pyrrole nitrogens is 2. The number of cyclic esters (lactones) is 2. The number of benzene rings is 6. The van der Waals surface area contributed by atoms with E-state index < -0.39 is 0 Å². The Balaban J connectivity index is 0.000000150. The molecule has 0 spiro atoms. The van der Waals surface area contributed by atoms with Crippen molar-refractivity contribution in [2.24, 2.45) is 0 Å². The van der Waals surface area contributed by atoms with Crippen LogP contribution in [0.15, 0.2) is 167 Å². The standard InChI is InChI=1S/2C23H17N3O3/c27-22-19-9-5-4-8-18(19)21(24-25-22)16-10-12-17(13-11-16)26-20(14-29-23(26)28)15-6-2-1-3-7-15;27-22-19-9-5-4-8-18(19)21(24-25-22)16-10-12-17(13-11-16)26-14-20(29-23(26)28)15-6-2-1-3-7-15/h2*1-13,20H,14H2,(H,25,27). The second-order valence-electron chi connectivity index (χ2n) is 13.8. The third-order valence-electron chi connectivity index (χ3n) is 10.3. The van der Waals surface area contributed by atoms with Crippen LogP contribution in [0.25, 0.3) is 44.1 Å². The lowest BCUT2D eigenvalue weighted by atomic mass is 10.0. The van der Waals surface area contributed by atoms with E-state index in [9.17, 15) is 19.2 Å². The van der Waals surface area contributed by atoms with E-state index in [1.165, 1.54) is 0 Å². The van der Waals surface area contributed by atoms with Crippen molar-refractivity contribution in [3.05, 3.63) is 190 Å². The minimum atomic E-state index is -0.362. The molecule has 2 amide bonds. The maximum atomic E-state index is 12.4. The van der Waals surface area contributed by atoms with Crippen LogP contribution in [0.1, 0.15) is 23.3 Å². The van der Waals surface area contributed by atoms with E-state index in [0.717, 1.165) is 44.4 Å². The van der Waals surface area contributed by atoms with Crippen molar-refractivity contribution in [2.75, 3.05) is 23.0 Å². The summed E-state index contributed by atoms with van der Waals surface area (Å²) in [6, 6.07) is 49.2. The molecule has 0 radical (unpaired) electrons. The first-order chi connectivity index (χ1) is 28.4. The van der Waals surface area contributed by atoms with Gasteiger partial charge in [0.05, 0.1) is 34.7 Å².